The number of carbonyl (C=O) groups is 8. The van der Waals surface area contributed by atoms with Crippen LogP contribution in [0.2, 0.25) is 0 Å². The second-order valence-corrected chi connectivity index (χ2v) is 14.7. The topological polar surface area (TPSA) is 294 Å². The zero-order chi connectivity index (χ0) is 46.5. The van der Waals surface area contributed by atoms with E-state index in [1.165, 1.54) is 45.6 Å². The number of nitrogens with one attached hydrogen (secondary N) is 5. The van der Waals surface area contributed by atoms with Gasteiger partial charge in [0.15, 0.2) is 0 Å². The quantitative estimate of drug-likeness (QED) is 0.0323. The molecule has 0 aromatic carbocycles. The van der Waals surface area contributed by atoms with Crippen molar-refractivity contribution >= 4 is 47.9 Å². The predicted molar refractivity (Wildman–Crippen MR) is 229 cm³/mol. The molecule has 0 spiro atoms. The second-order valence-electron chi connectivity index (χ2n) is 14.7. The molecule has 8 N–H and O–H groups in total. The molecule has 0 radical (unpaired) electrons. The van der Waals surface area contributed by atoms with Gasteiger partial charge in [-0.1, -0.05) is 77.0 Å². The molecule has 0 aliphatic heterocycles. The average molecular weight is 892 g/mol. The Balaban J connectivity index is 0. The van der Waals surface area contributed by atoms with Gasteiger partial charge in [-0.05, 0) is 32.6 Å². The molecule has 0 unspecified atom stereocenters. The van der Waals surface area contributed by atoms with Gasteiger partial charge in [-0.25, -0.2) is 4.79 Å². The van der Waals surface area contributed by atoms with E-state index >= 15 is 0 Å². The first kappa shape index (κ1) is 59.7. The van der Waals surface area contributed by atoms with Crippen LogP contribution in [0.3, 0.4) is 0 Å². The lowest BCUT2D eigenvalue weighted by atomic mass is 10.0. The van der Waals surface area contributed by atoms with Crippen LogP contribution >= 0.6 is 0 Å². The predicted octanol–water partition coefficient (Wildman–Crippen LogP) is 2.69. The van der Waals surface area contributed by atoms with Crippen LogP contribution in [-0.4, -0.2) is 148 Å². The minimum absolute atomic E-state index is 0.0320. The normalized spacial score (nSPS) is 11.6. The van der Waals surface area contributed by atoms with Crippen LogP contribution in [0.25, 0.3) is 0 Å². The van der Waals surface area contributed by atoms with Crippen molar-refractivity contribution in [2.45, 2.75) is 147 Å². The lowest BCUT2D eigenvalue weighted by molar-refractivity contribution is -0.142. The van der Waals surface area contributed by atoms with Crippen molar-refractivity contribution in [1.82, 2.24) is 26.6 Å². The van der Waals surface area contributed by atoms with Crippen LogP contribution in [0, 0.1) is 0 Å². The molecule has 20 nitrogen and oxygen atoms in total. The van der Waals surface area contributed by atoms with Gasteiger partial charge in [0.2, 0.25) is 29.5 Å². The van der Waals surface area contributed by atoms with Crippen molar-refractivity contribution in [3.05, 3.63) is 0 Å². The number of carboxylic acids is 2. The minimum atomic E-state index is -1.19. The number of amides is 5. The van der Waals surface area contributed by atoms with E-state index in [4.69, 9.17) is 34.0 Å². The van der Waals surface area contributed by atoms with Gasteiger partial charge in [0.25, 0.3) is 6.47 Å². The third-order valence-electron chi connectivity index (χ3n) is 9.18. The monoisotopic (exact) mass is 892 g/mol. The summed E-state index contributed by atoms with van der Waals surface area (Å²) in [5, 5.41) is 38.2. The Morgan fingerprint density at radius 2 is 0.903 bits per heavy atom. The molecule has 0 aromatic rings. The van der Waals surface area contributed by atoms with Gasteiger partial charge < -0.3 is 60.9 Å². The van der Waals surface area contributed by atoms with Crippen LogP contribution in [0.5, 0.6) is 0 Å². The standard InChI is InChI=1S/C41H75N5O13.CH2O2/c1-33(19-21-35(47)43-23-25-56-28-30-59-32-39(51)44-24-26-57-27-29-58-31-38(50)42-2)45-37(49)22-20-34(41(54)55)46-36(48)17-15-13-11-9-7-5-3-4-6-8-10-12-14-16-18-40(52)53;2-1-3/h33-34H,3-32H2,1-2H3,(H,42,50)(H,43,47)(H,44,51)(H,45,49)(H,46,48)(H,52,53)(H,54,55);1H,(H,2,3)/t33-,34+;/m1./s1. The number of carboxylic acid groups (broad SMARTS) is 3. The van der Waals surface area contributed by atoms with E-state index in [1.807, 2.05) is 0 Å². The Hall–Kier alpha value is -4.40. The van der Waals surface area contributed by atoms with Crippen LogP contribution < -0.4 is 26.6 Å². The first-order chi connectivity index (χ1) is 29.9. The van der Waals surface area contributed by atoms with Gasteiger partial charge in [0, 0.05) is 51.9 Å². The van der Waals surface area contributed by atoms with Gasteiger partial charge in [-0.3, -0.25) is 33.6 Å². The molecule has 0 aliphatic carbocycles. The van der Waals surface area contributed by atoms with Gasteiger partial charge >= 0.3 is 11.9 Å². The van der Waals surface area contributed by atoms with Gasteiger partial charge in [0.1, 0.15) is 19.3 Å². The summed E-state index contributed by atoms with van der Waals surface area (Å²) in [5.74, 6) is -3.33. The van der Waals surface area contributed by atoms with Crippen molar-refractivity contribution in [2.24, 2.45) is 0 Å². The number of hydrogen-bond donors (Lipinski definition) is 8. The largest absolute Gasteiger partial charge is 0.483 e. The van der Waals surface area contributed by atoms with E-state index < -0.39 is 18.0 Å². The molecule has 5 amide bonds. The maximum atomic E-state index is 12.4. The molecule has 0 saturated carbocycles. The smallest absolute Gasteiger partial charge is 0.326 e. The maximum absolute atomic E-state index is 12.4. The number of aliphatic carboxylic acids is 2. The van der Waals surface area contributed by atoms with Crippen molar-refractivity contribution in [3.8, 4) is 0 Å². The second kappa shape index (κ2) is 44.6. The zero-order valence-corrected chi connectivity index (χ0v) is 37.2. The SMILES string of the molecule is CNC(=O)COCCOCCNC(=O)COCCOCCNC(=O)CC[C@@H](C)NC(=O)CC[C@H](NC(=O)CCCCCCCCCCCCCCCCC(=O)O)C(=O)O.O=CO. The van der Waals surface area contributed by atoms with E-state index in [0.717, 1.165) is 44.9 Å². The highest BCUT2D eigenvalue weighted by molar-refractivity contribution is 5.84. The van der Waals surface area contributed by atoms with Crippen molar-refractivity contribution in [1.29, 1.82) is 0 Å². The summed E-state index contributed by atoms with van der Waals surface area (Å²) in [5.41, 5.74) is 0. The molecule has 0 saturated heterocycles. The highest BCUT2D eigenvalue weighted by Crippen LogP contribution is 2.14. The third-order valence-corrected chi connectivity index (χ3v) is 9.18. The average Bonchev–Trinajstić information content (AvgIpc) is 3.23. The minimum Gasteiger partial charge on any atom is -0.483 e. The number of rotatable bonds is 42. The highest BCUT2D eigenvalue weighted by atomic mass is 16.5. The highest BCUT2D eigenvalue weighted by Gasteiger charge is 2.21. The van der Waals surface area contributed by atoms with Crippen molar-refractivity contribution < 1.29 is 72.6 Å². The fourth-order valence-corrected chi connectivity index (χ4v) is 5.76. The molecular formula is C42H77N5O15. The Morgan fingerprint density at radius 3 is 1.37 bits per heavy atom. The Labute approximate surface area is 367 Å². The molecule has 360 valence electrons. The Morgan fingerprint density at radius 1 is 0.500 bits per heavy atom. The summed E-state index contributed by atoms with van der Waals surface area (Å²) >= 11 is 0. The van der Waals surface area contributed by atoms with E-state index in [2.05, 4.69) is 26.6 Å². The van der Waals surface area contributed by atoms with Crippen LogP contribution in [0.4, 0.5) is 0 Å². The molecule has 0 bridgehead atoms. The molecule has 0 rings (SSSR count). The van der Waals surface area contributed by atoms with E-state index in [-0.39, 0.29) is 120 Å². The number of likely N-dealkylation sites (N-methyl/N-ethyl adjacent to an activating group) is 1. The Bertz CT molecular complexity index is 1210. The maximum Gasteiger partial charge on any atom is 0.326 e. The van der Waals surface area contributed by atoms with Crippen LogP contribution in [0.15, 0.2) is 0 Å². The molecule has 0 fully saturated rings. The van der Waals surface area contributed by atoms with Crippen molar-refractivity contribution in [2.75, 3.05) is 73.0 Å². The fourth-order valence-electron chi connectivity index (χ4n) is 5.76. The molecule has 0 aliphatic rings. The zero-order valence-electron chi connectivity index (χ0n) is 37.2. The van der Waals surface area contributed by atoms with Crippen LogP contribution in [-0.2, 0) is 57.3 Å². The number of hydrogen-bond acceptors (Lipinski definition) is 12. The summed E-state index contributed by atoms with van der Waals surface area (Å²) in [6, 6.07) is -1.47. The number of ether oxygens (including phenoxy) is 4. The summed E-state index contributed by atoms with van der Waals surface area (Å²) in [6.07, 6.45) is 16.0. The lowest BCUT2D eigenvalue weighted by Gasteiger charge is -2.17. The molecular weight excluding hydrogens is 814 g/mol. The summed E-state index contributed by atoms with van der Waals surface area (Å²) in [6.45, 7) is 3.48. The lowest BCUT2D eigenvalue weighted by Crippen LogP contribution is -2.42. The summed E-state index contributed by atoms with van der Waals surface area (Å²) in [4.78, 5) is 90.4. The number of carbonyl (C=O) groups excluding carboxylic acids is 5. The first-order valence-corrected chi connectivity index (χ1v) is 22.0. The van der Waals surface area contributed by atoms with Gasteiger partial charge in [0.05, 0.1) is 39.6 Å². The van der Waals surface area contributed by atoms with E-state index in [1.54, 1.807) is 6.92 Å². The van der Waals surface area contributed by atoms with E-state index in [0.29, 0.717) is 32.6 Å². The third kappa shape index (κ3) is 45.1. The number of unbranched alkanes of at least 4 members (excludes halogenated alkanes) is 13. The molecule has 0 aromatic heterocycles. The molecule has 0 heterocycles. The summed E-state index contributed by atoms with van der Waals surface area (Å²) < 4.78 is 21.0. The molecule has 20 heteroatoms. The molecule has 2 atom stereocenters. The van der Waals surface area contributed by atoms with E-state index in [9.17, 15) is 38.7 Å². The van der Waals surface area contributed by atoms with Gasteiger partial charge in [-0.2, -0.15) is 0 Å². The van der Waals surface area contributed by atoms with Gasteiger partial charge in [-0.15, -0.1) is 0 Å². The first-order valence-electron chi connectivity index (χ1n) is 22.0. The fraction of sp³-hybridized carbons (Fsp3) is 0.810. The van der Waals surface area contributed by atoms with Crippen LogP contribution in [0.1, 0.15) is 135 Å². The van der Waals surface area contributed by atoms with Crippen molar-refractivity contribution in [3.63, 3.8) is 0 Å². The molecule has 62 heavy (non-hydrogen) atoms. The summed E-state index contributed by atoms with van der Waals surface area (Å²) in [7, 11) is 1.52. The Kier molecular flexibility index (Phi) is 43.0.